The van der Waals surface area contributed by atoms with Gasteiger partial charge in [-0.1, -0.05) is 18.2 Å². The van der Waals surface area contributed by atoms with Gasteiger partial charge in [0.05, 0.1) is 19.1 Å². The highest BCUT2D eigenvalue weighted by atomic mass is 16.6. The van der Waals surface area contributed by atoms with E-state index in [1.165, 1.54) is 0 Å². The number of esters is 1. The first-order valence-corrected chi connectivity index (χ1v) is 8.59. The van der Waals surface area contributed by atoms with E-state index in [9.17, 15) is 9.59 Å². The van der Waals surface area contributed by atoms with Gasteiger partial charge in [0.15, 0.2) is 0 Å². The SMILES string of the molecule is CCOC(=O)[C@H]1CCCN(C[C@@H]2CN(c3ccccc3)C(=O)O2)C1. The molecule has 0 radical (unpaired) electrons. The van der Waals surface area contributed by atoms with Crippen LogP contribution in [0.4, 0.5) is 10.5 Å². The summed E-state index contributed by atoms with van der Waals surface area (Å²) >= 11 is 0. The largest absolute Gasteiger partial charge is 0.466 e. The highest BCUT2D eigenvalue weighted by Crippen LogP contribution is 2.23. The highest BCUT2D eigenvalue weighted by Gasteiger charge is 2.35. The molecule has 2 aliphatic rings. The van der Waals surface area contributed by atoms with Crippen LogP contribution in [-0.4, -0.2) is 55.9 Å². The molecule has 2 heterocycles. The summed E-state index contributed by atoms with van der Waals surface area (Å²) in [6.45, 7) is 5.05. The van der Waals surface area contributed by atoms with Crippen molar-refractivity contribution in [3.05, 3.63) is 30.3 Å². The molecule has 0 bridgehead atoms. The number of hydrogen-bond donors (Lipinski definition) is 0. The van der Waals surface area contributed by atoms with Crippen LogP contribution in [0.5, 0.6) is 0 Å². The van der Waals surface area contributed by atoms with Crippen molar-refractivity contribution in [1.82, 2.24) is 4.90 Å². The van der Waals surface area contributed by atoms with Gasteiger partial charge in [0.25, 0.3) is 0 Å². The standard InChI is InChI=1S/C18H24N2O4/c1-2-23-17(21)14-7-6-10-19(11-14)12-16-13-20(18(22)24-16)15-8-4-3-5-9-15/h3-5,8-9,14,16H,2,6-7,10-13H2,1H3/t14-,16+/m0/s1. The lowest BCUT2D eigenvalue weighted by Crippen LogP contribution is -2.43. The van der Waals surface area contributed by atoms with Crippen molar-refractivity contribution >= 4 is 17.7 Å². The van der Waals surface area contributed by atoms with Gasteiger partial charge in [-0.05, 0) is 38.4 Å². The number of anilines is 1. The Kier molecular flexibility index (Phi) is 5.35. The fourth-order valence-corrected chi connectivity index (χ4v) is 3.40. The molecule has 0 unspecified atom stereocenters. The van der Waals surface area contributed by atoms with Gasteiger partial charge in [0.1, 0.15) is 6.10 Å². The predicted molar refractivity (Wildman–Crippen MR) is 89.9 cm³/mol. The Morgan fingerprint density at radius 1 is 1.29 bits per heavy atom. The van der Waals surface area contributed by atoms with E-state index in [0.717, 1.165) is 25.1 Å². The molecule has 1 aromatic rings. The molecule has 6 heteroatoms. The summed E-state index contributed by atoms with van der Waals surface area (Å²) in [5.74, 6) is -0.183. The molecule has 2 fully saturated rings. The van der Waals surface area contributed by atoms with Crippen molar-refractivity contribution < 1.29 is 19.1 Å². The summed E-state index contributed by atoms with van der Waals surface area (Å²) in [4.78, 5) is 27.9. The molecule has 3 rings (SSSR count). The maximum atomic E-state index is 12.1. The fourth-order valence-electron chi connectivity index (χ4n) is 3.40. The molecule has 0 aliphatic carbocycles. The summed E-state index contributed by atoms with van der Waals surface area (Å²) in [7, 11) is 0. The van der Waals surface area contributed by atoms with Gasteiger partial charge in [0, 0.05) is 18.8 Å². The van der Waals surface area contributed by atoms with Gasteiger partial charge < -0.3 is 9.47 Å². The van der Waals surface area contributed by atoms with E-state index in [1.54, 1.807) is 4.90 Å². The molecule has 24 heavy (non-hydrogen) atoms. The smallest absolute Gasteiger partial charge is 0.414 e. The summed E-state index contributed by atoms with van der Waals surface area (Å²) in [6, 6.07) is 9.54. The number of cyclic esters (lactones) is 1. The van der Waals surface area contributed by atoms with Crippen LogP contribution in [0.1, 0.15) is 19.8 Å². The lowest BCUT2D eigenvalue weighted by molar-refractivity contribution is -0.150. The van der Waals surface area contributed by atoms with Gasteiger partial charge in [0.2, 0.25) is 0 Å². The molecule has 1 aromatic carbocycles. The third kappa shape index (κ3) is 3.87. The van der Waals surface area contributed by atoms with Crippen molar-refractivity contribution in [3.8, 4) is 0 Å². The van der Waals surface area contributed by atoms with E-state index in [1.807, 2.05) is 37.3 Å². The van der Waals surface area contributed by atoms with E-state index in [-0.39, 0.29) is 24.1 Å². The number of ether oxygens (including phenoxy) is 2. The van der Waals surface area contributed by atoms with Crippen LogP contribution >= 0.6 is 0 Å². The Labute approximate surface area is 142 Å². The minimum absolute atomic E-state index is 0.0685. The number of para-hydroxylation sites is 1. The zero-order valence-electron chi connectivity index (χ0n) is 14.0. The maximum Gasteiger partial charge on any atom is 0.414 e. The monoisotopic (exact) mass is 332 g/mol. The quantitative estimate of drug-likeness (QED) is 0.774. The number of hydrogen-bond acceptors (Lipinski definition) is 5. The molecule has 2 atom stereocenters. The summed E-state index contributed by atoms with van der Waals surface area (Å²) < 4.78 is 10.6. The first kappa shape index (κ1) is 16.8. The van der Waals surface area contributed by atoms with Crippen LogP contribution < -0.4 is 4.90 Å². The average molecular weight is 332 g/mol. The second-order valence-corrected chi connectivity index (χ2v) is 6.30. The van der Waals surface area contributed by atoms with Crippen molar-refractivity contribution in [2.45, 2.75) is 25.9 Å². The number of rotatable bonds is 5. The second kappa shape index (κ2) is 7.66. The number of amides is 1. The summed E-state index contributed by atoms with van der Waals surface area (Å²) in [6.07, 6.45) is 1.37. The molecule has 0 saturated carbocycles. The Balaban J connectivity index is 1.55. The number of likely N-dealkylation sites (tertiary alicyclic amines) is 1. The lowest BCUT2D eigenvalue weighted by Gasteiger charge is -2.32. The molecule has 6 nitrogen and oxygen atoms in total. The van der Waals surface area contributed by atoms with Crippen LogP contribution in [0.2, 0.25) is 0 Å². The van der Waals surface area contributed by atoms with E-state index < -0.39 is 0 Å². The summed E-state index contributed by atoms with van der Waals surface area (Å²) in [5.41, 5.74) is 0.855. The van der Waals surface area contributed by atoms with Gasteiger partial charge in [-0.15, -0.1) is 0 Å². The topological polar surface area (TPSA) is 59.1 Å². The number of piperidine rings is 1. The number of carbonyl (C=O) groups is 2. The first-order valence-electron chi connectivity index (χ1n) is 8.59. The van der Waals surface area contributed by atoms with Crippen molar-refractivity contribution in [1.29, 1.82) is 0 Å². The van der Waals surface area contributed by atoms with Gasteiger partial charge in [-0.25, -0.2) is 4.79 Å². The number of benzene rings is 1. The van der Waals surface area contributed by atoms with Crippen LogP contribution in [0.25, 0.3) is 0 Å². The number of nitrogens with zero attached hydrogens (tertiary/aromatic N) is 2. The molecule has 2 saturated heterocycles. The Bertz CT molecular complexity index is 578. The molecule has 1 amide bonds. The normalized spacial score (nSPS) is 24.7. The van der Waals surface area contributed by atoms with Crippen molar-refractivity contribution in [2.24, 2.45) is 5.92 Å². The maximum absolute atomic E-state index is 12.1. The van der Waals surface area contributed by atoms with Crippen molar-refractivity contribution in [2.75, 3.05) is 37.7 Å². The zero-order valence-corrected chi connectivity index (χ0v) is 14.0. The molecular weight excluding hydrogens is 308 g/mol. The van der Waals surface area contributed by atoms with Crippen LogP contribution in [0.3, 0.4) is 0 Å². The molecule has 130 valence electrons. The predicted octanol–water partition coefficient (Wildman–Crippen LogP) is 2.29. The Morgan fingerprint density at radius 2 is 2.08 bits per heavy atom. The minimum atomic E-state index is -0.301. The van der Waals surface area contributed by atoms with Crippen molar-refractivity contribution in [3.63, 3.8) is 0 Å². The number of carbonyl (C=O) groups excluding carboxylic acids is 2. The molecule has 0 N–H and O–H groups in total. The van der Waals surface area contributed by atoms with E-state index in [2.05, 4.69) is 4.90 Å². The average Bonchev–Trinajstić information content (AvgIpc) is 2.96. The van der Waals surface area contributed by atoms with Crippen LogP contribution in [0.15, 0.2) is 30.3 Å². The van der Waals surface area contributed by atoms with Crippen LogP contribution in [0, 0.1) is 5.92 Å². The first-order chi connectivity index (χ1) is 11.7. The molecular formula is C18H24N2O4. The van der Waals surface area contributed by atoms with Gasteiger partial charge >= 0.3 is 12.1 Å². The third-order valence-electron chi connectivity index (χ3n) is 4.53. The highest BCUT2D eigenvalue weighted by molar-refractivity contribution is 5.89. The Morgan fingerprint density at radius 3 is 2.83 bits per heavy atom. The van der Waals surface area contributed by atoms with E-state index >= 15 is 0 Å². The Hall–Kier alpha value is -2.08. The van der Waals surface area contributed by atoms with E-state index in [4.69, 9.17) is 9.47 Å². The lowest BCUT2D eigenvalue weighted by atomic mass is 9.98. The molecule has 0 aromatic heterocycles. The van der Waals surface area contributed by atoms with E-state index in [0.29, 0.717) is 26.2 Å². The van der Waals surface area contributed by atoms with Gasteiger partial charge in [-0.2, -0.15) is 0 Å². The molecule has 0 spiro atoms. The van der Waals surface area contributed by atoms with Gasteiger partial charge in [-0.3, -0.25) is 14.6 Å². The van der Waals surface area contributed by atoms with Crippen LogP contribution in [-0.2, 0) is 14.3 Å². The second-order valence-electron chi connectivity index (χ2n) is 6.30. The third-order valence-corrected chi connectivity index (χ3v) is 4.53. The zero-order chi connectivity index (χ0) is 16.9. The minimum Gasteiger partial charge on any atom is -0.466 e. The molecule has 2 aliphatic heterocycles. The summed E-state index contributed by atoms with van der Waals surface area (Å²) in [5, 5.41) is 0. The fraction of sp³-hybridized carbons (Fsp3) is 0.556.